The van der Waals surface area contributed by atoms with Crippen LogP contribution >= 0.6 is 11.6 Å². The van der Waals surface area contributed by atoms with E-state index in [-0.39, 0.29) is 27.9 Å². The molecule has 0 aliphatic rings. The minimum atomic E-state index is -4.54. The predicted molar refractivity (Wildman–Crippen MR) is 74.2 cm³/mol. The van der Waals surface area contributed by atoms with E-state index in [0.29, 0.717) is 0 Å². The van der Waals surface area contributed by atoms with Crippen LogP contribution in [0.3, 0.4) is 0 Å². The quantitative estimate of drug-likeness (QED) is 0.866. The second-order valence-electron chi connectivity index (χ2n) is 4.76. The molecule has 0 fully saturated rings. The summed E-state index contributed by atoms with van der Waals surface area (Å²) in [4.78, 5) is 15.7. The topological polar surface area (TPSA) is 59.8 Å². The molecule has 5 nitrogen and oxygen atoms in total. The van der Waals surface area contributed by atoms with Crippen molar-refractivity contribution < 1.29 is 22.4 Å². The number of nitrogens with zero attached hydrogens (tertiary/aromatic N) is 3. The number of hydrogen-bond donors (Lipinski definition) is 1. The molecule has 0 unspecified atom stereocenters. The van der Waals surface area contributed by atoms with Crippen LogP contribution in [0.15, 0.2) is 12.1 Å². The molecule has 1 amide bonds. The number of rotatable bonds is 3. The zero-order valence-electron chi connectivity index (χ0n) is 12.0. The van der Waals surface area contributed by atoms with Gasteiger partial charge in [-0.15, -0.1) is 5.10 Å². The van der Waals surface area contributed by atoms with Gasteiger partial charge in [-0.3, -0.25) is 4.79 Å². The normalized spacial score (nSPS) is 11.6. The third-order valence-corrected chi connectivity index (χ3v) is 3.12. The highest BCUT2D eigenvalue weighted by molar-refractivity contribution is 6.28. The number of aryl methyl sites for hydroxylation is 2. The van der Waals surface area contributed by atoms with E-state index in [1.54, 1.807) is 5.32 Å². The van der Waals surface area contributed by atoms with Crippen LogP contribution in [0, 0.1) is 19.7 Å². The molecule has 0 aliphatic carbocycles. The van der Waals surface area contributed by atoms with Gasteiger partial charge in [-0.25, -0.2) is 14.1 Å². The Kier molecular flexibility index (Phi) is 4.60. The van der Waals surface area contributed by atoms with Crippen LogP contribution in [0.4, 0.5) is 17.6 Å². The van der Waals surface area contributed by atoms with Crippen molar-refractivity contribution in [2.75, 3.05) is 6.54 Å². The summed E-state index contributed by atoms with van der Waals surface area (Å²) in [6.45, 7) is 1.45. The number of carbonyl (C=O) groups excluding carboxylic acids is 1. The lowest BCUT2D eigenvalue weighted by atomic mass is 10.1. The summed E-state index contributed by atoms with van der Waals surface area (Å²) in [5, 5.41) is 5.40. The molecule has 0 spiro atoms. The van der Waals surface area contributed by atoms with E-state index in [1.165, 1.54) is 13.8 Å². The zero-order valence-corrected chi connectivity index (χ0v) is 12.8. The average molecular weight is 351 g/mol. The number of amides is 1. The molecule has 0 radical (unpaired) electrons. The highest BCUT2D eigenvalue weighted by atomic mass is 35.5. The van der Waals surface area contributed by atoms with Gasteiger partial charge in [-0.1, -0.05) is 0 Å². The number of benzene rings is 1. The summed E-state index contributed by atoms with van der Waals surface area (Å²) < 4.78 is 51.7. The van der Waals surface area contributed by atoms with Crippen LogP contribution in [0.2, 0.25) is 5.28 Å². The summed E-state index contributed by atoms with van der Waals surface area (Å²) in [6, 6.07) is 2.14. The number of aromatic nitrogens is 3. The molecule has 1 N–H and O–H groups in total. The van der Waals surface area contributed by atoms with Gasteiger partial charge in [0.2, 0.25) is 5.28 Å². The van der Waals surface area contributed by atoms with Crippen molar-refractivity contribution in [2.24, 2.45) is 0 Å². The molecule has 10 heteroatoms. The summed E-state index contributed by atoms with van der Waals surface area (Å²) in [5.41, 5.74) is -0.0453. The number of halogens is 5. The second-order valence-corrected chi connectivity index (χ2v) is 5.09. The van der Waals surface area contributed by atoms with E-state index >= 15 is 0 Å². The summed E-state index contributed by atoms with van der Waals surface area (Å²) >= 11 is 5.63. The number of nitrogens with one attached hydrogen (secondary N) is 1. The minimum Gasteiger partial charge on any atom is -0.343 e. The van der Waals surface area contributed by atoms with E-state index in [0.717, 1.165) is 16.8 Å². The zero-order chi connectivity index (χ0) is 17.4. The van der Waals surface area contributed by atoms with Crippen molar-refractivity contribution in [3.05, 3.63) is 40.2 Å². The Balaban J connectivity index is 2.40. The van der Waals surface area contributed by atoms with Crippen molar-refractivity contribution in [1.29, 1.82) is 0 Å². The SMILES string of the molecule is Cc1cc(F)c(-n2nc(Cl)nc2C)cc1C(=O)NCC(F)(F)F. The van der Waals surface area contributed by atoms with Crippen molar-refractivity contribution >= 4 is 17.5 Å². The van der Waals surface area contributed by atoms with E-state index < -0.39 is 24.4 Å². The average Bonchev–Trinajstić information content (AvgIpc) is 2.74. The molecular weight excluding hydrogens is 340 g/mol. The van der Waals surface area contributed by atoms with E-state index in [1.807, 2.05) is 0 Å². The fraction of sp³-hybridized carbons (Fsp3) is 0.308. The smallest absolute Gasteiger partial charge is 0.343 e. The van der Waals surface area contributed by atoms with E-state index in [9.17, 15) is 22.4 Å². The molecule has 1 aromatic carbocycles. The highest BCUT2D eigenvalue weighted by Crippen LogP contribution is 2.21. The molecule has 2 aromatic rings. The van der Waals surface area contributed by atoms with Gasteiger partial charge < -0.3 is 5.32 Å². The van der Waals surface area contributed by atoms with Crippen LogP contribution in [-0.2, 0) is 0 Å². The Morgan fingerprint density at radius 1 is 1.35 bits per heavy atom. The van der Waals surface area contributed by atoms with Crippen LogP contribution in [0.1, 0.15) is 21.7 Å². The second kappa shape index (κ2) is 6.15. The van der Waals surface area contributed by atoms with Crippen LogP contribution in [0.5, 0.6) is 0 Å². The summed E-state index contributed by atoms with van der Waals surface area (Å²) in [5.74, 6) is -1.41. The first-order chi connectivity index (χ1) is 10.6. The van der Waals surface area contributed by atoms with Gasteiger partial charge in [0.25, 0.3) is 5.91 Å². The molecule has 1 aromatic heterocycles. The van der Waals surface area contributed by atoms with E-state index in [4.69, 9.17) is 11.6 Å². The Hall–Kier alpha value is -2.16. The van der Waals surface area contributed by atoms with Crippen molar-refractivity contribution in [3.63, 3.8) is 0 Å². The largest absolute Gasteiger partial charge is 0.405 e. The Labute approximate surface area is 133 Å². The third kappa shape index (κ3) is 3.98. The Morgan fingerprint density at radius 3 is 2.52 bits per heavy atom. The van der Waals surface area contributed by atoms with Crippen LogP contribution < -0.4 is 5.32 Å². The molecule has 0 saturated carbocycles. The molecule has 23 heavy (non-hydrogen) atoms. The molecule has 0 atom stereocenters. The van der Waals surface area contributed by atoms with Crippen molar-refractivity contribution in [3.8, 4) is 5.69 Å². The molecule has 1 heterocycles. The monoisotopic (exact) mass is 350 g/mol. The molecule has 0 saturated heterocycles. The number of hydrogen-bond acceptors (Lipinski definition) is 3. The third-order valence-electron chi connectivity index (χ3n) is 2.96. The maximum Gasteiger partial charge on any atom is 0.405 e. The van der Waals surface area contributed by atoms with Gasteiger partial charge in [-0.05, 0) is 43.1 Å². The number of carbonyl (C=O) groups is 1. The lowest BCUT2D eigenvalue weighted by Crippen LogP contribution is -2.34. The van der Waals surface area contributed by atoms with Crippen LogP contribution in [-0.4, -0.2) is 33.4 Å². The van der Waals surface area contributed by atoms with Gasteiger partial charge >= 0.3 is 6.18 Å². The first kappa shape index (κ1) is 17.2. The molecule has 124 valence electrons. The van der Waals surface area contributed by atoms with Crippen LogP contribution in [0.25, 0.3) is 5.69 Å². The van der Waals surface area contributed by atoms with Gasteiger partial charge in [0.1, 0.15) is 23.9 Å². The summed E-state index contributed by atoms with van der Waals surface area (Å²) in [7, 11) is 0. The van der Waals surface area contributed by atoms with Crippen molar-refractivity contribution in [2.45, 2.75) is 20.0 Å². The molecular formula is C13H11ClF4N4O. The Morgan fingerprint density at radius 2 is 2.00 bits per heavy atom. The predicted octanol–water partition coefficient (Wildman–Crippen LogP) is 2.97. The first-order valence-corrected chi connectivity index (χ1v) is 6.71. The first-order valence-electron chi connectivity index (χ1n) is 6.33. The molecule has 2 rings (SSSR count). The maximum atomic E-state index is 14.1. The van der Waals surface area contributed by atoms with Crippen molar-refractivity contribution in [1.82, 2.24) is 20.1 Å². The minimum absolute atomic E-state index is 0.100. The fourth-order valence-corrected chi connectivity index (χ4v) is 2.13. The van der Waals surface area contributed by atoms with Gasteiger partial charge in [0.05, 0.1) is 0 Å². The maximum absolute atomic E-state index is 14.1. The van der Waals surface area contributed by atoms with Gasteiger partial charge in [-0.2, -0.15) is 13.2 Å². The standard InChI is InChI=1S/C13H11ClF4N4O/c1-6-3-9(15)10(22-7(2)20-12(14)21-22)4-8(6)11(23)19-5-13(16,17)18/h3-4H,5H2,1-2H3,(H,19,23). The lowest BCUT2D eigenvalue weighted by molar-refractivity contribution is -0.123. The fourth-order valence-electron chi connectivity index (χ4n) is 1.93. The lowest BCUT2D eigenvalue weighted by Gasteiger charge is -2.12. The van der Waals surface area contributed by atoms with Gasteiger partial charge in [0, 0.05) is 5.56 Å². The Bertz CT molecular complexity index is 757. The number of alkyl halides is 3. The van der Waals surface area contributed by atoms with E-state index in [2.05, 4.69) is 10.1 Å². The molecule has 0 aliphatic heterocycles. The highest BCUT2D eigenvalue weighted by Gasteiger charge is 2.28. The summed E-state index contributed by atoms with van der Waals surface area (Å²) in [6.07, 6.45) is -4.54. The molecule has 0 bridgehead atoms. The van der Waals surface area contributed by atoms with Gasteiger partial charge in [0.15, 0.2) is 0 Å².